The zero-order valence-corrected chi connectivity index (χ0v) is 20.0. The lowest BCUT2D eigenvalue weighted by Crippen LogP contribution is -2.48. The fourth-order valence-corrected chi connectivity index (χ4v) is 5.95. The Morgan fingerprint density at radius 3 is 2.32 bits per heavy atom. The number of hydrogen-bond donors (Lipinski definition) is 1. The summed E-state index contributed by atoms with van der Waals surface area (Å²) in [5, 5.41) is 15.6. The van der Waals surface area contributed by atoms with Crippen LogP contribution in [0.15, 0.2) is 58.8 Å². The summed E-state index contributed by atoms with van der Waals surface area (Å²) in [4.78, 5) is 27.4. The molecule has 12 heteroatoms. The summed E-state index contributed by atoms with van der Waals surface area (Å²) in [5.41, 5.74) is 1.53. The number of nitro benzene ring substituents is 1. The third-order valence-corrected chi connectivity index (χ3v) is 7.84. The van der Waals surface area contributed by atoms with Gasteiger partial charge in [0.2, 0.25) is 10.0 Å². The van der Waals surface area contributed by atoms with Gasteiger partial charge < -0.3 is 4.74 Å². The molecular weight excluding hydrogens is 480 g/mol. The average molecular weight is 503 g/mol. The Labute approximate surface area is 200 Å². The smallest absolute Gasteiger partial charge is 0.269 e. The van der Waals surface area contributed by atoms with E-state index >= 15 is 0 Å². The van der Waals surface area contributed by atoms with Crippen LogP contribution in [0, 0.1) is 10.1 Å². The third-order valence-electron chi connectivity index (χ3n) is 5.24. The highest BCUT2D eigenvalue weighted by Crippen LogP contribution is 2.27. The van der Waals surface area contributed by atoms with Crippen molar-refractivity contribution < 1.29 is 22.9 Å². The van der Waals surface area contributed by atoms with E-state index in [4.69, 9.17) is 4.74 Å². The highest BCUT2D eigenvalue weighted by molar-refractivity contribution is 7.89. The number of benzene rings is 2. The highest BCUT2D eigenvalue weighted by atomic mass is 32.2. The van der Waals surface area contributed by atoms with Crippen molar-refractivity contribution >= 4 is 38.1 Å². The number of nitrogens with zero attached hydrogens (tertiary/aromatic N) is 3. The molecule has 0 unspecified atom stereocenters. The van der Waals surface area contributed by atoms with Crippen molar-refractivity contribution in [2.45, 2.75) is 31.0 Å². The number of hydrogen-bond acceptors (Lipinski definition) is 8. The van der Waals surface area contributed by atoms with Gasteiger partial charge in [0.05, 0.1) is 27.7 Å². The SMILES string of the molecule is C[C@@H]1CN(S(=O)(=O)c2ccc(C(=O)Nc3nc(-c4ccc([N+](=O)[O-])cc4)cs3)cc2)C[C@@H](C)O1. The Bertz CT molecular complexity index is 1300. The zero-order valence-electron chi connectivity index (χ0n) is 18.4. The van der Waals surface area contributed by atoms with Crippen LogP contribution in [0.25, 0.3) is 11.3 Å². The van der Waals surface area contributed by atoms with Crippen LogP contribution in [0.4, 0.5) is 10.8 Å². The Balaban J connectivity index is 1.44. The molecule has 3 aromatic rings. The van der Waals surface area contributed by atoms with E-state index in [0.29, 0.717) is 16.4 Å². The van der Waals surface area contributed by atoms with Crippen molar-refractivity contribution in [3.63, 3.8) is 0 Å². The molecular formula is C22H22N4O6S2. The third kappa shape index (κ3) is 5.14. The lowest BCUT2D eigenvalue weighted by molar-refractivity contribution is -0.384. The predicted molar refractivity (Wildman–Crippen MR) is 127 cm³/mol. The van der Waals surface area contributed by atoms with Crippen LogP contribution in [-0.4, -0.2) is 53.8 Å². The van der Waals surface area contributed by atoms with Gasteiger partial charge in [-0.2, -0.15) is 4.31 Å². The summed E-state index contributed by atoms with van der Waals surface area (Å²) in [5.74, 6) is -0.429. The Morgan fingerprint density at radius 2 is 1.74 bits per heavy atom. The Morgan fingerprint density at radius 1 is 1.12 bits per heavy atom. The molecule has 0 aliphatic carbocycles. The molecule has 0 spiro atoms. The molecule has 1 aliphatic rings. The number of thiazole rings is 1. The van der Waals surface area contributed by atoms with Gasteiger partial charge in [-0.25, -0.2) is 13.4 Å². The number of nitrogens with one attached hydrogen (secondary N) is 1. The van der Waals surface area contributed by atoms with Crippen LogP contribution in [0.1, 0.15) is 24.2 Å². The van der Waals surface area contributed by atoms with Crippen LogP contribution < -0.4 is 5.32 Å². The second-order valence-electron chi connectivity index (χ2n) is 7.90. The van der Waals surface area contributed by atoms with Crippen LogP contribution in [0.2, 0.25) is 0 Å². The second-order valence-corrected chi connectivity index (χ2v) is 10.7. The molecule has 2 aromatic carbocycles. The van der Waals surface area contributed by atoms with E-state index in [1.807, 2.05) is 13.8 Å². The largest absolute Gasteiger partial charge is 0.373 e. The fourth-order valence-electron chi connectivity index (χ4n) is 3.64. The van der Waals surface area contributed by atoms with Crippen molar-refractivity contribution in [1.82, 2.24) is 9.29 Å². The Hall–Kier alpha value is -3.19. The first-order valence-electron chi connectivity index (χ1n) is 10.4. The number of amides is 1. The number of rotatable bonds is 6. The summed E-state index contributed by atoms with van der Waals surface area (Å²) in [6, 6.07) is 11.7. The number of non-ortho nitro benzene ring substituents is 1. The van der Waals surface area contributed by atoms with Gasteiger partial charge in [-0.05, 0) is 50.2 Å². The van der Waals surface area contributed by atoms with Gasteiger partial charge in [0.15, 0.2) is 5.13 Å². The predicted octanol–water partition coefficient (Wildman–Crippen LogP) is 3.77. The summed E-state index contributed by atoms with van der Waals surface area (Å²) in [6.07, 6.45) is -0.393. The van der Waals surface area contributed by atoms with E-state index in [1.54, 1.807) is 17.5 Å². The first-order chi connectivity index (χ1) is 16.1. The quantitative estimate of drug-likeness (QED) is 0.401. The lowest BCUT2D eigenvalue weighted by atomic mass is 10.1. The summed E-state index contributed by atoms with van der Waals surface area (Å²) < 4.78 is 32.9. The van der Waals surface area contributed by atoms with Gasteiger partial charge in [-0.1, -0.05) is 0 Å². The first kappa shape index (κ1) is 24.0. The van der Waals surface area contributed by atoms with Gasteiger partial charge in [0.25, 0.3) is 11.6 Å². The average Bonchev–Trinajstić information content (AvgIpc) is 3.27. The number of anilines is 1. The van der Waals surface area contributed by atoms with E-state index in [2.05, 4.69) is 10.3 Å². The van der Waals surface area contributed by atoms with Crippen molar-refractivity contribution in [2.24, 2.45) is 0 Å². The number of carbonyl (C=O) groups excluding carboxylic acids is 1. The number of nitro groups is 1. The number of sulfonamides is 1. The fraction of sp³-hybridized carbons (Fsp3) is 0.273. The van der Waals surface area contributed by atoms with Gasteiger partial charge in [0, 0.05) is 41.7 Å². The molecule has 2 atom stereocenters. The maximum absolute atomic E-state index is 13.0. The molecule has 178 valence electrons. The van der Waals surface area contributed by atoms with Gasteiger partial charge in [0.1, 0.15) is 0 Å². The van der Waals surface area contributed by atoms with Gasteiger partial charge >= 0.3 is 0 Å². The standard InChI is InChI=1S/C22H22N4O6S2/c1-14-11-25(12-15(2)32-14)34(30,31)19-9-5-17(6-10-19)21(27)24-22-23-20(13-33-22)16-3-7-18(8-4-16)26(28)29/h3-10,13-15H,11-12H2,1-2H3,(H,23,24,27)/t14-,15-/m1/s1. The van der Waals surface area contributed by atoms with E-state index in [9.17, 15) is 23.3 Å². The molecule has 1 aliphatic heterocycles. The summed E-state index contributed by atoms with van der Waals surface area (Å²) in [6.45, 7) is 4.21. The summed E-state index contributed by atoms with van der Waals surface area (Å²) in [7, 11) is -3.70. The molecule has 2 heterocycles. The van der Waals surface area contributed by atoms with Crippen molar-refractivity contribution in [2.75, 3.05) is 18.4 Å². The number of aromatic nitrogens is 1. The van der Waals surface area contributed by atoms with Crippen LogP contribution in [0.5, 0.6) is 0 Å². The molecule has 1 saturated heterocycles. The molecule has 1 fully saturated rings. The minimum atomic E-state index is -3.70. The van der Waals surface area contributed by atoms with E-state index in [0.717, 1.165) is 0 Å². The lowest BCUT2D eigenvalue weighted by Gasteiger charge is -2.34. The van der Waals surface area contributed by atoms with Crippen molar-refractivity contribution in [3.05, 3.63) is 69.6 Å². The normalized spacial score (nSPS) is 19.0. The molecule has 1 aromatic heterocycles. The Kier molecular flexibility index (Phi) is 6.75. The van der Waals surface area contributed by atoms with E-state index in [1.165, 1.54) is 52.0 Å². The maximum Gasteiger partial charge on any atom is 0.269 e. The first-order valence-corrected chi connectivity index (χ1v) is 12.7. The molecule has 0 bridgehead atoms. The molecule has 0 radical (unpaired) electrons. The second kappa shape index (κ2) is 9.58. The van der Waals surface area contributed by atoms with Gasteiger partial charge in [-0.3, -0.25) is 20.2 Å². The summed E-state index contributed by atoms with van der Waals surface area (Å²) >= 11 is 1.21. The highest BCUT2D eigenvalue weighted by Gasteiger charge is 2.32. The van der Waals surface area contributed by atoms with Crippen molar-refractivity contribution in [1.29, 1.82) is 0 Å². The molecule has 4 rings (SSSR count). The monoisotopic (exact) mass is 502 g/mol. The van der Waals surface area contributed by atoms with E-state index < -0.39 is 20.9 Å². The molecule has 1 amide bonds. The molecule has 10 nitrogen and oxygen atoms in total. The number of ether oxygens (including phenoxy) is 1. The topological polar surface area (TPSA) is 132 Å². The minimum Gasteiger partial charge on any atom is -0.373 e. The molecule has 0 saturated carbocycles. The minimum absolute atomic E-state index is 0.0180. The molecule has 34 heavy (non-hydrogen) atoms. The van der Waals surface area contributed by atoms with Gasteiger partial charge in [-0.15, -0.1) is 11.3 Å². The van der Waals surface area contributed by atoms with Crippen LogP contribution in [0.3, 0.4) is 0 Å². The maximum atomic E-state index is 13.0. The van der Waals surface area contributed by atoms with E-state index in [-0.39, 0.29) is 41.4 Å². The molecule has 1 N–H and O–H groups in total. The number of morpholine rings is 1. The zero-order chi connectivity index (χ0) is 24.5. The number of carbonyl (C=O) groups is 1. The van der Waals surface area contributed by atoms with Crippen LogP contribution in [-0.2, 0) is 14.8 Å². The van der Waals surface area contributed by atoms with Crippen molar-refractivity contribution in [3.8, 4) is 11.3 Å². The van der Waals surface area contributed by atoms with Crippen LogP contribution >= 0.6 is 11.3 Å².